The molecule has 0 aromatic heterocycles. The Morgan fingerprint density at radius 1 is 0.944 bits per heavy atom. The van der Waals surface area contributed by atoms with Crippen molar-refractivity contribution in [2.75, 3.05) is 19.0 Å². The Morgan fingerprint density at radius 2 is 1.56 bits per heavy atom. The van der Waals surface area contributed by atoms with Gasteiger partial charge in [-0.3, -0.25) is 0 Å². The van der Waals surface area contributed by atoms with Crippen LogP contribution >= 0.6 is 0 Å². The van der Waals surface area contributed by atoms with Gasteiger partial charge in [0.15, 0.2) is 0 Å². The summed E-state index contributed by atoms with van der Waals surface area (Å²) in [6.07, 6.45) is 2.86. The number of nitrogens with zero attached hydrogens (tertiary/aromatic N) is 1. The van der Waals surface area contributed by atoms with Gasteiger partial charge in [-0.15, -0.1) is 6.58 Å². The molecule has 0 radical (unpaired) electrons. The van der Waals surface area contributed by atoms with Gasteiger partial charge in [0, 0.05) is 25.3 Å². The van der Waals surface area contributed by atoms with Crippen LogP contribution in [0.3, 0.4) is 0 Å². The molecule has 0 N–H and O–H groups in total. The number of anilines is 1. The lowest BCUT2D eigenvalue weighted by Crippen LogP contribution is -2.10. The van der Waals surface area contributed by atoms with Crippen molar-refractivity contribution in [2.24, 2.45) is 0 Å². The highest BCUT2D eigenvalue weighted by Crippen LogP contribution is 2.32. The molecule has 92 valence electrons. The lowest BCUT2D eigenvalue weighted by Gasteiger charge is -2.19. The van der Waals surface area contributed by atoms with Crippen molar-refractivity contribution in [2.45, 2.75) is 6.42 Å². The minimum atomic E-state index is 0.901. The van der Waals surface area contributed by atoms with Gasteiger partial charge in [0.25, 0.3) is 0 Å². The molecule has 0 atom stereocenters. The first kappa shape index (κ1) is 12.4. The van der Waals surface area contributed by atoms with Crippen molar-refractivity contribution in [3.8, 4) is 11.1 Å². The van der Waals surface area contributed by atoms with Crippen molar-refractivity contribution < 1.29 is 0 Å². The van der Waals surface area contributed by atoms with E-state index in [1.807, 2.05) is 6.08 Å². The fourth-order valence-electron chi connectivity index (χ4n) is 2.21. The number of benzene rings is 2. The van der Waals surface area contributed by atoms with Gasteiger partial charge in [-0.05, 0) is 23.6 Å². The predicted molar refractivity (Wildman–Crippen MR) is 80.1 cm³/mol. The van der Waals surface area contributed by atoms with Gasteiger partial charge in [0.2, 0.25) is 0 Å². The molecule has 0 unspecified atom stereocenters. The topological polar surface area (TPSA) is 3.24 Å². The van der Waals surface area contributed by atoms with Crippen LogP contribution in [0.25, 0.3) is 11.1 Å². The summed E-state index contributed by atoms with van der Waals surface area (Å²) in [6.45, 7) is 3.84. The predicted octanol–water partition coefficient (Wildman–Crippen LogP) is 4.15. The lowest BCUT2D eigenvalue weighted by atomic mass is 9.96. The summed E-state index contributed by atoms with van der Waals surface area (Å²) < 4.78 is 0. The van der Waals surface area contributed by atoms with Crippen LogP contribution in [0.4, 0.5) is 5.69 Å². The Balaban J connectivity index is 2.58. The summed E-state index contributed by atoms with van der Waals surface area (Å²) in [7, 11) is 4.16. The molecule has 0 aliphatic carbocycles. The first-order valence-corrected chi connectivity index (χ1v) is 6.19. The summed E-state index contributed by atoms with van der Waals surface area (Å²) in [5.41, 5.74) is 5.14. The number of hydrogen-bond donors (Lipinski definition) is 0. The third-order valence-corrected chi connectivity index (χ3v) is 3.06. The fraction of sp³-hybridized carbons (Fsp3) is 0.176. The van der Waals surface area contributed by atoms with Crippen LogP contribution < -0.4 is 4.90 Å². The molecule has 0 aliphatic heterocycles. The van der Waals surface area contributed by atoms with E-state index in [-0.39, 0.29) is 0 Å². The van der Waals surface area contributed by atoms with Crippen molar-refractivity contribution in [3.05, 3.63) is 66.7 Å². The third kappa shape index (κ3) is 2.45. The lowest BCUT2D eigenvalue weighted by molar-refractivity contribution is 1.13. The van der Waals surface area contributed by atoms with Crippen molar-refractivity contribution >= 4 is 5.69 Å². The standard InChI is InChI=1S/C17H19N/c1-4-9-14-10-5-6-11-15(14)16-12-7-8-13-17(16)18(2)3/h4-8,10-13H,1,9H2,2-3H3. The molecule has 0 heterocycles. The number of para-hydroxylation sites is 1. The monoisotopic (exact) mass is 237 g/mol. The molecule has 1 heteroatoms. The Morgan fingerprint density at radius 3 is 2.22 bits per heavy atom. The maximum absolute atomic E-state index is 3.84. The first-order valence-electron chi connectivity index (χ1n) is 6.19. The second-order valence-corrected chi connectivity index (χ2v) is 4.56. The zero-order valence-corrected chi connectivity index (χ0v) is 11.1. The molecule has 0 saturated heterocycles. The van der Waals surface area contributed by atoms with Gasteiger partial charge in [-0.2, -0.15) is 0 Å². The zero-order chi connectivity index (χ0) is 13.0. The van der Waals surface area contributed by atoms with Crippen LogP contribution in [-0.2, 0) is 6.42 Å². The molecule has 0 aliphatic rings. The van der Waals surface area contributed by atoms with Crippen LogP contribution in [0.5, 0.6) is 0 Å². The smallest absolute Gasteiger partial charge is 0.0440 e. The van der Waals surface area contributed by atoms with E-state index in [0.717, 1.165) is 6.42 Å². The van der Waals surface area contributed by atoms with E-state index in [1.54, 1.807) is 0 Å². The van der Waals surface area contributed by atoms with E-state index >= 15 is 0 Å². The van der Waals surface area contributed by atoms with Crippen LogP contribution in [-0.4, -0.2) is 14.1 Å². The summed E-state index contributed by atoms with van der Waals surface area (Å²) in [6, 6.07) is 17.0. The Bertz CT molecular complexity index is 541. The molecule has 18 heavy (non-hydrogen) atoms. The van der Waals surface area contributed by atoms with Crippen molar-refractivity contribution in [1.82, 2.24) is 0 Å². The fourth-order valence-corrected chi connectivity index (χ4v) is 2.21. The van der Waals surface area contributed by atoms with Crippen LogP contribution in [0.15, 0.2) is 61.2 Å². The van der Waals surface area contributed by atoms with E-state index < -0.39 is 0 Å². The quantitative estimate of drug-likeness (QED) is 0.722. The van der Waals surface area contributed by atoms with Gasteiger partial charge < -0.3 is 4.90 Å². The number of hydrogen-bond acceptors (Lipinski definition) is 1. The summed E-state index contributed by atoms with van der Waals surface area (Å²) in [4.78, 5) is 2.15. The highest BCUT2D eigenvalue weighted by molar-refractivity contribution is 5.80. The molecular weight excluding hydrogens is 218 g/mol. The summed E-state index contributed by atoms with van der Waals surface area (Å²) in [5, 5.41) is 0. The van der Waals surface area contributed by atoms with Crippen molar-refractivity contribution in [1.29, 1.82) is 0 Å². The SMILES string of the molecule is C=CCc1ccccc1-c1ccccc1N(C)C. The van der Waals surface area contributed by atoms with Gasteiger partial charge in [-0.1, -0.05) is 48.5 Å². The number of allylic oxidation sites excluding steroid dienone is 1. The number of rotatable bonds is 4. The second-order valence-electron chi connectivity index (χ2n) is 4.56. The van der Waals surface area contributed by atoms with Gasteiger partial charge in [0.05, 0.1) is 0 Å². The molecule has 0 bridgehead atoms. The summed E-state index contributed by atoms with van der Waals surface area (Å²) in [5.74, 6) is 0. The van der Waals surface area contributed by atoms with Crippen LogP contribution in [0.2, 0.25) is 0 Å². The van der Waals surface area contributed by atoms with Gasteiger partial charge in [-0.25, -0.2) is 0 Å². The largest absolute Gasteiger partial charge is 0.377 e. The molecule has 2 aromatic rings. The molecule has 2 rings (SSSR count). The molecule has 0 spiro atoms. The molecule has 0 fully saturated rings. The van der Waals surface area contributed by atoms with E-state index in [0.29, 0.717) is 0 Å². The average molecular weight is 237 g/mol. The molecule has 0 amide bonds. The van der Waals surface area contributed by atoms with E-state index in [4.69, 9.17) is 0 Å². The highest BCUT2D eigenvalue weighted by Gasteiger charge is 2.09. The second kappa shape index (κ2) is 5.54. The highest BCUT2D eigenvalue weighted by atomic mass is 15.1. The maximum atomic E-state index is 3.84. The van der Waals surface area contributed by atoms with Crippen LogP contribution in [0.1, 0.15) is 5.56 Å². The zero-order valence-electron chi connectivity index (χ0n) is 11.1. The Hall–Kier alpha value is -2.02. The van der Waals surface area contributed by atoms with Gasteiger partial charge >= 0.3 is 0 Å². The first-order chi connectivity index (χ1) is 8.74. The van der Waals surface area contributed by atoms with Crippen molar-refractivity contribution in [3.63, 3.8) is 0 Å². The molecule has 0 saturated carbocycles. The Kier molecular flexibility index (Phi) is 3.83. The minimum absolute atomic E-state index is 0.901. The Labute approximate surface area is 109 Å². The van der Waals surface area contributed by atoms with Gasteiger partial charge in [0.1, 0.15) is 0 Å². The van der Waals surface area contributed by atoms with Crippen LogP contribution in [0, 0.1) is 0 Å². The maximum Gasteiger partial charge on any atom is 0.0440 e. The minimum Gasteiger partial charge on any atom is -0.377 e. The summed E-state index contributed by atoms with van der Waals surface area (Å²) >= 11 is 0. The molecule has 2 aromatic carbocycles. The molecular formula is C17H19N. The average Bonchev–Trinajstić information content (AvgIpc) is 2.40. The third-order valence-electron chi connectivity index (χ3n) is 3.06. The van der Waals surface area contributed by atoms with E-state index in [1.165, 1.54) is 22.4 Å². The normalized spacial score (nSPS) is 10.1. The molecule has 1 nitrogen and oxygen atoms in total. The van der Waals surface area contributed by atoms with E-state index in [2.05, 4.69) is 74.1 Å². The van der Waals surface area contributed by atoms with E-state index in [9.17, 15) is 0 Å².